The van der Waals surface area contributed by atoms with Crippen LogP contribution in [0.4, 0.5) is 0 Å². The van der Waals surface area contributed by atoms with Crippen LogP contribution < -0.4 is 30.0 Å². The highest BCUT2D eigenvalue weighted by Gasteiger charge is 2.16. The van der Waals surface area contributed by atoms with Crippen molar-refractivity contribution in [1.82, 2.24) is 107 Å². The van der Waals surface area contributed by atoms with Gasteiger partial charge in [-0.05, 0) is 90.5 Å². The minimum absolute atomic E-state index is 0.112. The molecule has 104 heavy (non-hydrogen) atoms. The lowest BCUT2D eigenvalue weighted by molar-refractivity contribution is 0.371. The minimum Gasteiger partial charge on any atom is -0.493 e. The van der Waals surface area contributed by atoms with Gasteiger partial charge < -0.3 is 43.5 Å². The van der Waals surface area contributed by atoms with Crippen molar-refractivity contribution in [2.24, 2.45) is 0 Å². The largest absolute Gasteiger partial charge is 0.493 e. The van der Waals surface area contributed by atoms with Crippen LogP contribution >= 0.6 is 46.4 Å². The van der Waals surface area contributed by atoms with Crippen molar-refractivity contribution >= 4 is 87.2 Å². The number of halogens is 4. The third kappa shape index (κ3) is 18.7. The Bertz CT molecular complexity index is 5640. The molecule has 17 aromatic heterocycles. The van der Waals surface area contributed by atoms with Crippen LogP contribution in [-0.4, -0.2) is 157 Å². The number of hydrogen-bond donors (Lipinski definition) is 4. The van der Waals surface area contributed by atoms with Crippen molar-refractivity contribution in [2.75, 3.05) is 28.4 Å². The number of aromatic amines is 1. The number of H-pyrrole nitrogens is 1. The Morgan fingerprint density at radius 3 is 1.28 bits per heavy atom. The molecule has 35 heteroatoms. The Morgan fingerprint density at radius 1 is 0.404 bits per heavy atom. The van der Waals surface area contributed by atoms with E-state index in [2.05, 4.69) is 84.7 Å². The summed E-state index contributed by atoms with van der Waals surface area (Å²) in [6, 6.07) is 43.2. The number of nitrogens with one attached hydrogen (secondary N) is 1. The summed E-state index contributed by atoms with van der Waals surface area (Å²) < 4.78 is 29.4. The van der Waals surface area contributed by atoms with Gasteiger partial charge in [0.2, 0.25) is 34.7 Å². The maximum absolute atomic E-state index is 11.3. The Balaban J connectivity index is 0.000000124. The molecule has 0 bridgehead atoms. The number of imidazole rings is 5. The average Bonchev–Trinajstić information content (AvgIpc) is 1.60. The van der Waals surface area contributed by atoms with Gasteiger partial charge in [-0.3, -0.25) is 32.4 Å². The summed E-state index contributed by atoms with van der Waals surface area (Å²) in [7, 11) is 4.70. The molecule has 0 aromatic carbocycles. The number of aromatic hydroxyl groups is 1. The number of ether oxygens (including phenoxy) is 4. The highest BCUT2D eigenvalue weighted by Crippen LogP contribution is 2.27. The van der Waals surface area contributed by atoms with E-state index in [0.29, 0.717) is 67.6 Å². The lowest BCUT2D eigenvalue weighted by Crippen LogP contribution is -2.29. The molecule has 0 amide bonds. The van der Waals surface area contributed by atoms with Crippen molar-refractivity contribution in [2.45, 2.75) is 0 Å². The first kappa shape index (κ1) is 72.3. The van der Waals surface area contributed by atoms with Gasteiger partial charge in [-0.2, -0.15) is 24.9 Å². The molecule has 0 spiro atoms. The van der Waals surface area contributed by atoms with E-state index in [1.54, 1.807) is 98.5 Å². The van der Waals surface area contributed by atoms with Gasteiger partial charge in [-0.1, -0.05) is 71.2 Å². The molecule has 520 valence electrons. The summed E-state index contributed by atoms with van der Waals surface area (Å²) in [4.78, 5) is 80.0. The molecule has 0 fully saturated rings. The van der Waals surface area contributed by atoms with Crippen LogP contribution in [0.15, 0.2) is 243 Å². The molecular weight excluding hydrogens is 1420 g/mol. The zero-order chi connectivity index (χ0) is 72.9. The zero-order valence-electron chi connectivity index (χ0n) is 54.9. The molecule has 17 aromatic rings. The van der Waals surface area contributed by atoms with E-state index in [0.717, 1.165) is 62.6 Å². The van der Waals surface area contributed by atoms with E-state index in [1.807, 2.05) is 158 Å². The summed E-state index contributed by atoms with van der Waals surface area (Å²) in [5.74, 6) is 3.16. The summed E-state index contributed by atoms with van der Waals surface area (Å²) in [6.07, 6.45) is 26.4. The monoisotopic (exact) mass is 1470 g/mol. The smallest absolute Gasteiger partial charge is 0.490 e. The molecule has 0 aliphatic rings. The van der Waals surface area contributed by atoms with Gasteiger partial charge in [0.25, 0.3) is 5.56 Å². The van der Waals surface area contributed by atoms with Crippen molar-refractivity contribution in [3.8, 4) is 86.7 Å². The zero-order valence-corrected chi connectivity index (χ0v) is 57.9. The maximum Gasteiger partial charge on any atom is 0.490 e. The molecule has 0 aliphatic heterocycles. The van der Waals surface area contributed by atoms with E-state index in [9.17, 15) is 9.90 Å². The molecule has 4 N–H and O–H groups in total. The molecular formula is C69H55BCl4N22O8. The molecule has 17 heterocycles. The summed E-state index contributed by atoms with van der Waals surface area (Å²) in [6.45, 7) is 0. The fraction of sp³-hybridized carbons (Fsp3) is 0.0580. The van der Waals surface area contributed by atoms with Crippen LogP contribution in [0.25, 0.3) is 85.6 Å². The molecule has 30 nitrogen and oxygen atoms in total. The number of pyridine rings is 7. The molecule has 17 rings (SSSR count). The SMILES string of the molecule is COc1cc(OC)nc(-c2cnc3ccccn23)n1.COc1cc(OC)nc(Cl)n1.Clc1cc(-c2cccnc2)nc(-c2cnc3ccccn23)n1.Clc1cc(Cl)nc(-c2cnc3ccccn23)n1.O=c1cc(O)nc(-c2cnc3ccccn23)[nH]1.OB(O)c1cccnc1.c1ccn2ccnc2c1. The van der Waals surface area contributed by atoms with Crippen molar-refractivity contribution in [3.05, 3.63) is 270 Å². The first-order valence-electron chi connectivity index (χ1n) is 30.5. The maximum atomic E-state index is 11.3. The Hall–Kier alpha value is -12.9. The molecule has 0 aliphatic carbocycles. The first-order valence-corrected chi connectivity index (χ1v) is 32.0. The van der Waals surface area contributed by atoms with Gasteiger partial charge >= 0.3 is 7.12 Å². The van der Waals surface area contributed by atoms with Crippen LogP contribution in [0.2, 0.25) is 20.7 Å². The summed E-state index contributed by atoms with van der Waals surface area (Å²) in [5, 5.41) is 27.5. The van der Waals surface area contributed by atoms with E-state index in [1.165, 1.54) is 26.5 Å². The molecule has 0 saturated carbocycles. The van der Waals surface area contributed by atoms with Gasteiger partial charge in [0.1, 0.15) is 66.5 Å². The number of fused-ring (bicyclic) bond motifs is 5. The first-order chi connectivity index (χ1) is 50.6. The Labute approximate surface area is 609 Å². The van der Waals surface area contributed by atoms with E-state index in [-0.39, 0.29) is 17.0 Å². The Morgan fingerprint density at radius 2 is 0.837 bits per heavy atom. The number of hydrogen-bond acceptors (Lipinski definition) is 24. The number of aromatic nitrogens is 22. The van der Waals surface area contributed by atoms with E-state index < -0.39 is 12.7 Å². The predicted octanol–water partition coefficient (Wildman–Crippen LogP) is 10.4. The molecule has 0 saturated heterocycles. The van der Waals surface area contributed by atoms with Crippen LogP contribution in [0.5, 0.6) is 29.4 Å². The fourth-order valence-electron chi connectivity index (χ4n) is 9.37. The summed E-state index contributed by atoms with van der Waals surface area (Å²) in [5.41, 5.74) is 8.82. The van der Waals surface area contributed by atoms with Crippen LogP contribution in [0, 0.1) is 0 Å². The van der Waals surface area contributed by atoms with Gasteiger partial charge in [-0.25, -0.2) is 44.9 Å². The molecule has 0 radical (unpaired) electrons. The second-order valence-electron chi connectivity index (χ2n) is 20.8. The van der Waals surface area contributed by atoms with Crippen molar-refractivity contribution in [3.63, 3.8) is 0 Å². The quantitative estimate of drug-likeness (QED) is 0.0561. The normalized spacial score (nSPS) is 10.5. The van der Waals surface area contributed by atoms with Crippen molar-refractivity contribution in [1.29, 1.82) is 0 Å². The third-order valence-electron chi connectivity index (χ3n) is 14.1. The second kappa shape index (κ2) is 34.9. The second-order valence-corrected chi connectivity index (χ2v) is 22.3. The number of rotatable bonds is 10. The third-order valence-corrected chi connectivity index (χ3v) is 14.8. The van der Waals surface area contributed by atoms with Crippen LogP contribution in [0.3, 0.4) is 0 Å². The fourth-order valence-corrected chi connectivity index (χ4v) is 10.1. The topological polar surface area (TPSA) is 359 Å². The van der Waals surface area contributed by atoms with Gasteiger partial charge in [0, 0.05) is 91.3 Å². The predicted molar refractivity (Wildman–Crippen MR) is 390 cm³/mol. The number of nitrogens with zero attached hydrogens (tertiary/aromatic N) is 21. The van der Waals surface area contributed by atoms with Crippen molar-refractivity contribution < 1.29 is 34.1 Å². The van der Waals surface area contributed by atoms with Gasteiger partial charge in [-0.15, -0.1) is 0 Å². The van der Waals surface area contributed by atoms with Gasteiger partial charge in [0.05, 0.1) is 77.1 Å². The molecule has 0 unspecified atom stereocenters. The highest BCUT2D eigenvalue weighted by molar-refractivity contribution is 6.58. The minimum atomic E-state index is -1.40. The lowest BCUT2D eigenvalue weighted by Gasteiger charge is -2.06. The average molecular weight is 1470 g/mol. The standard InChI is InChI=1S/C16H10ClN5.C13H12N4O2.C11H6Cl2N4.C11H8N4O2.C7H6N2.C6H7ClN2O2.C5H6BNO2/c17-14-8-12(11-4-3-6-18-9-11)20-16(21-14)13-10-19-15-5-1-2-7-22(13)15;1-18-11-7-12(19-2)16-13(15-11)9-8-14-10-5-3-4-6-17(9)10;12-8-5-9(13)16-11(15-8)7-6-14-10-3-1-2-4-17(7)10;16-9-5-10(17)14-11(13-9)7-6-12-8-3-1-2-4-15(7)8;1-2-5-9-6-4-8-7(9)3-1;1-10-4-3-5(11-2)9-6(7)8-4;8-6(9)5-2-1-3-7-4-5/h1-10H;3-8H,1-2H3;1-6H;1-6H,(H2,13,14,16,17);1-6H;3H,1-2H3;1-4,8-9H. The van der Waals surface area contributed by atoms with E-state index in [4.69, 9.17) is 75.4 Å². The lowest BCUT2D eigenvalue weighted by atomic mass is 9.82. The summed E-state index contributed by atoms with van der Waals surface area (Å²) >= 11 is 23.4. The number of methoxy groups -OCH3 is 4. The van der Waals surface area contributed by atoms with E-state index >= 15 is 0 Å². The van der Waals surface area contributed by atoms with Crippen LogP contribution in [0.1, 0.15) is 0 Å². The van der Waals surface area contributed by atoms with Crippen LogP contribution in [-0.2, 0) is 0 Å². The molecule has 0 atom stereocenters. The Kier molecular flexibility index (Phi) is 24.3. The van der Waals surface area contributed by atoms with Gasteiger partial charge in [0.15, 0.2) is 23.3 Å². The highest BCUT2D eigenvalue weighted by atomic mass is 35.5.